The quantitative estimate of drug-likeness (QED) is 0.310. The lowest BCUT2D eigenvalue weighted by atomic mass is 10.2. The van der Waals surface area contributed by atoms with E-state index in [2.05, 4.69) is 15.0 Å². The van der Waals surface area contributed by atoms with Crippen molar-refractivity contribution in [1.29, 1.82) is 0 Å². The van der Waals surface area contributed by atoms with Crippen LogP contribution in [-0.4, -0.2) is 32.5 Å². The van der Waals surface area contributed by atoms with E-state index in [0.29, 0.717) is 23.6 Å². The fourth-order valence-electron chi connectivity index (χ4n) is 2.97. The summed E-state index contributed by atoms with van der Waals surface area (Å²) in [5, 5.41) is 4.72. The van der Waals surface area contributed by atoms with Crippen molar-refractivity contribution in [3.63, 3.8) is 0 Å². The summed E-state index contributed by atoms with van der Waals surface area (Å²) in [6, 6.07) is 22.1. The third-order valence-electron chi connectivity index (χ3n) is 4.56. The third-order valence-corrected chi connectivity index (χ3v) is 6.73. The van der Waals surface area contributed by atoms with Crippen LogP contribution in [0.4, 0.5) is 10.8 Å². The van der Waals surface area contributed by atoms with Gasteiger partial charge in [0.25, 0.3) is 15.9 Å². The first-order valence-corrected chi connectivity index (χ1v) is 12.6. The highest BCUT2D eigenvalue weighted by Gasteiger charge is 2.17. The van der Waals surface area contributed by atoms with Crippen LogP contribution in [0.15, 0.2) is 95.3 Å². The van der Waals surface area contributed by atoms with Crippen molar-refractivity contribution in [3.8, 4) is 11.5 Å². The number of carbonyl (C=O) groups is 1. The normalized spacial score (nSPS) is 10.9. The van der Waals surface area contributed by atoms with Crippen LogP contribution in [0.1, 0.15) is 10.4 Å². The number of aromatic nitrogens is 1. The number of hydrogen-bond donors (Lipinski definition) is 2. The number of nitrogens with zero attached hydrogens (tertiary/aromatic N) is 1. The Morgan fingerprint density at radius 1 is 0.882 bits per heavy atom. The molecule has 3 aromatic carbocycles. The fraction of sp³-hybridized carbons (Fsp3) is 0.0833. The Bertz CT molecular complexity index is 1330. The van der Waals surface area contributed by atoms with E-state index < -0.39 is 10.0 Å². The van der Waals surface area contributed by atoms with E-state index in [1.165, 1.54) is 41.8 Å². The van der Waals surface area contributed by atoms with E-state index >= 15 is 0 Å². The van der Waals surface area contributed by atoms with Crippen LogP contribution in [0, 0.1) is 0 Å². The summed E-state index contributed by atoms with van der Waals surface area (Å²) in [5.74, 6) is 0.782. The summed E-state index contributed by atoms with van der Waals surface area (Å²) in [7, 11) is -3.77. The maximum absolute atomic E-state index is 12.8. The summed E-state index contributed by atoms with van der Waals surface area (Å²) < 4.78 is 38.7. The molecule has 0 bridgehead atoms. The van der Waals surface area contributed by atoms with Crippen LogP contribution in [0.5, 0.6) is 11.5 Å². The topological polar surface area (TPSA) is 107 Å². The van der Waals surface area contributed by atoms with Gasteiger partial charge in [-0.25, -0.2) is 13.4 Å². The van der Waals surface area contributed by atoms with Crippen LogP contribution in [-0.2, 0) is 10.0 Å². The molecule has 34 heavy (non-hydrogen) atoms. The van der Waals surface area contributed by atoms with Gasteiger partial charge in [-0.05, 0) is 48.5 Å². The van der Waals surface area contributed by atoms with E-state index in [1.54, 1.807) is 29.6 Å². The van der Waals surface area contributed by atoms with Gasteiger partial charge in [-0.2, -0.15) is 0 Å². The van der Waals surface area contributed by atoms with E-state index in [1.807, 2.05) is 30.3 Å². The summed E-state index contributed by atoms with van der Waals surface area (Å²) in [6.45, 7) is 0.586. The molecule has 4 aromatic rings. The number of amides is 1. The first kappa shape index (κ1) is 23.3. The average Bonchev–Trinajstić information content (AvgIpc) is 3.35. The summed E-state index contributed by atoms with van der Waals surface area (Å²) in [5.41, 5.74) is 0.796. The standard InChI is InChI=1S/C24H21N3O5S2/c28-23(21-8-4-5-9-22(21)32-16-15-31-19-6-2-1-3-7-19)26-18-10-12-20(13-11-18)34(29,30)27-24-25-14-17-33-24/h1-14,17H,15-16H2,(H,25,27)(H,26,28). The largest absolute Gasteiger partial charge is 0.490 e. The van der Waals surface area contributed by atoms with Gasteiger partial charge in [0.15, 0.2) is 5.13 Å². The molecule has 0 spiro atoms. The maximum Gasteiger partial charge on any atom is 0.263 e. The second-order valence-electron chi connectivity index (χ2n) is 6.93. The highest BCUT2D eigenvalue weighted by atomic mass is 32.2. The molecule has 4 rings (SSSR count). The second-order valence-corrected chi connectivity index (χ2v) is 9.50. The Hall–Kier alpha value is -3.89. The van der Waals surface area contributed by atoms with Crippen LogP contribution in [0.2, 0.25) is 0 Å². The van der Waals surface area contributed by atoms with E-state index in [0.717, 1.165) is 5.75 Å². The highest BCUT2D eigenvalue weighted by Crippen LogP contribution is 2.22. The molecule has 1 aromatic heterocycles. The molecular weight excluding hydrogens is 474 g/mol. The molecule has 2 N–H and O–H groups in total. The molecule has 0 aliphatic heterocycles. The molecule has 8 nitrogen and oxygen atoms in total. The molecule has 0 saturated carbocycles. The Morgan fingerprint density at radius 2 is 1.59 bits per heavy atom. The first-order valence-electron chi connectivity index (χ1n) is 10.2. The zero-order valence-electron chi connectivity index (χ0n) is 17.9. The number of carbonyl (C=O) groups excluding carboxylic acids is 1. The number of hydrogen-bond acceptors (Lipinski definition) is 7. The predicted molar refractivity (Wildman–Crippen MR) is 131 cm³/mol. The molecule has 0 atom stereocenters. The SMILES string of the molecule is O=C(Nc1ccc(S(=O)(=O)Nc2nccs2)cc1)c1ccccc1OCCOc1ccccc1. The number of benzene rings is 3. The molecule has 174 valence electrons. The molecule has 0 aliphatic carbocycles. The van der Waals surface area contributed by atoms with Crippen LogP contribution in [0.25, 0.3) is 0 Å². The Morgan fingerprint density at radius 3 is 2.32 bits per heavy atom. The number of anilines is 2. The van der Waals surface area contributed by atoms with Crippen molar-refractivity contribution in [2.75, 3.05) is 23.3 Å². The molecule has 0 fully saturated rings. The smallest absolute Gasteiger partial charge is 0.263 e. The van der Waals surface area contributed by atoms with Crippen molar-refractivity contribution in [3.05, 3.63) is 96.0 Å². The van der Waals surface area contributed by atoms with Gasteiger partial charge in [0.05, 0.1) is 10.5 Å². The van der Waals surface area contributed by atoms with Crippen LogP contribution in [0.3, 0.4) is 0 Å². The van der Waals surface area contributed by atoms with Crippen molar-refractivity contribution in [2.45, 2.75) is 4.90 Å². The minimum atomic E-state index is -3.77. The Kier molecular flexibility index (Phi) is 7.41. The number of rotatable bonds is 10. The van der Waals surface area contributed by atoms with Gasteiger partial charge < -0.3 is 14.8 Å². The Balaban J connectivity index is 1.36. The molecule has 0 unspecified atom stereocenters. The molecule has 1 heterocycles. The minimum absolute atomic E-state index is 0.0582. The van der Waals surface area contributed by atoms with Crippen molar-refractivity contribution >= 4 is 38.1 Å². The molecule has 0 aliphatic rings. The second kappa shape index (κ2) is 10.8. The molecule has 10 heteroatoms. The zero-order chi connectivity index (χ0) is 23.8. The van der Waals surface area contributed by atoms with E-state index in [-0.39, 0.29) is 22.5 Å². The average molecular weight is 496 g/mol. The van der Waals surface area contributed by atoms with E-state index in [9.17, 15) is 13.2 Å². The monoisotopic (exact) mass is 495 g/mol. The number of nitrogens with one attached hydrogen (secondary N) is 2. The first-order chi connectivity index (χ1) is 16.5. The van der Waals surface area contributed by atoms with Crippen molar-refractivity contribution in [1.82, 2.24) is 4.98 Å². The minimum Gasteiger partial charge on any atom is -0.490 e. The van der Waals surface area contributed by atoms with Gasteiger partial charge in [-0.1, -0.05) is 30.3 Å². The van der Waals surface area contributed by atoms with Crippen molar-refractivity contribution < 1.29 is 22.7 Å². The lowest BCUT2D eigenvalue weighted by molar-refractivity contribution is 0.102. The lowest BCUT2D eigenvalue weighted by Gasteiger charge is -2.13. The highest BCUT2D eigenvalue weighted by molar-refractivity contribution is 7.93. The van der Waals surface area contributed by atoms with Crippen LogP contribution >= 0.6 is 11.3 Å². The maximum atomic E-state index is 12.8. The van der Waals surface area contributed by atoms with Gasteiger partial charge in [0.1, 0.15) is 24.7 Å². The van der Waals surface area contributed by atoms with Gasteiger partial charge in [0, 0.05) is 17.3 Å². The summed E-state index contributed by atoms with van der Waals surface area (Å²) in [6.07, 6.45) is 1.51. The summed E-state index contributed by atoms with van der Waals surface area (Å²) >= 11 is 1.18. The zero-order valence-corrected chi connectivity index (χ0v) is 19.5. The Labute approximate surface area is 201 Å². The number of para-hydroxylation sites is 2. The van der Waals surface area contributed by atoms with Gasteiger partial charge in [-0.3, -0.25) is 9.52 Å². The van der Waals surface area contributed by atoms with Crippen molar-refractivity contribution in [2.24, 2.45) is 0 Å². The number of thiazole rings is 1. The molecular formula is C24H21N3O5S2. The van der Waals surface area contributed by atoms with Gasteiger partial charge >= 0.3 is 0 Å². The molecule has 0 saturated heterocycles. The molecule has 1 amide bonds. The van der Waals surface area contributed by atoms with Gasteiger partial charge in [0.2, 0.25) is 0 Å². The van der Waals surface area contributed by atoms with Gasteiger partial charge in [-0.15, -0.1) is 11.3 Å². The number of ether oxygens (including phenoxy) is 2. The third kappa shape index (κ3) is 6.12. The molecule has 0 radical (unpaired) electrons. The van der Waals surface area contributed by atoms with E-state index in [4.69, 9.17) is 9.47 Å². The predicted octanol–water partition coefficient (Wildman–Crippen LogP) is 4.65. The summed E-state index contributed by atoms with van der Waals surface area (Å²) in [4.78, 5) is 16.8. The lowest BCUT2D eigenvalue weighted by Crippen LogP contribution is -2.16. The number of sulfonamides is 1. The van der Waals surface area contributed by atoms with Crippen LogP contribution < -0.4 is 19.5 Å². The fourth-order valence-corrected chi connectivity index (χ4v) is 4.76.